The lowest BCUT2D eigenvalue weighted by Crippen LogP contribution is -2.46. The highest BCUT2D eigenvalue weighted by atomic mass is 127. The SMILES string of the molecule is CCOCCOCc1cccc(CNC(=NC)NCC2(CC)CCC2)c1.I. The zero-order valence-corrected chi connectivity index (χ0v) is 19.4. The lowest BCUT2D eigenvalue weighted by atomic mass is 9.67. The largest absolute Gasteiger partial charge is 0.379 e. The van der Waals surface area contributed by atoms with Gasteiger partial charge in [0, 0.05) is 26.7 Å². The van der Waals surface area contributed by atoms with Crippen LogP contribution in [0, 0.1) is 5.41 Å². The van der Waals surface area contributed by atoms with E-state index in [1.54, 1.807) is 0 Å². The Labute approximate surface area is 181 Å². The lowest BCUT2D eigenvalue weighted by Gasteiger charge is -2.41. The van der Waals surface area contributed by atoms with Crippen LogP contribution >= 0.6 is 24.0 Å². The first-order valence-corrected chi connectivity index (χ1v) is 9.89. The van der Waals surface area contributed by atoms with Gasteiger partial charge in [-0.2, -0.15) is 0 Å². The lowest BCUT2D eigenvalue weighted by molar-refractivity contribution is 0.0453. The molecule has 27 heavy (non-hydrogen) atoms. The topological polar surface area (TPSA) is 54.9 Å². The maximum absolute atomic E-state index is 5.65. The Hall–Kier alpha value is -0.860. The van der Waals surface area contributed by atoms with Gasteiger partial charge in [-0.15, -0.1) is 24.0 Å². The summed E-state index contributed by atoms with van der Waals surface area (Å²) in [5.41, 5.74) is 2.90. The first-order valence-electron chi connectivity index (χ1n) is 9.89. The third-order valence-electron chi connectivity index (χ3n) is 5.31. The summed E-state index contributed by atoms with van der Waals surface area (Å²) >= 11 is 0. The van der Waals surface area contributed by atoms with Crippen LogP contribution in [0.1, 0.15) is 50.7 Å². The Bertz CT molecular complexity index is 557. The molecule has 1 aromatic carbocycles. The average molecular weight is 489 g/mol. The molecule has 0 aromatic heterocycles. The van der Waals surface area contributed by atoms with Crippen LogP contribution in [-0.2, 0) is 22.6 Å². The summed E-state index contributed by atoms with van der Waals surface area (Å²) in [6.07, 6.45) is 5.26. The second-order valence-corrected chi connectivity index (χ2v) is 7.06. The van der Waals surface area contributed by atoms with Crippen molar-refractivity contribution >= 4 is 29.9 Å². The molecule has 0 aliphatic heterocycles. The summed E-state index contributed by atoms with van der Waals surface area (Å²) in [5, 5.41) is 6.92. The van der Waals surface area contributed by atoms with Crippen LogP contribution in [0.15, 0.2) is 29.3 Å². The predicted octanol–water partition coefficient (Wildman–Crippen LogP) is 4.10. The number of rotatable bonds is 11. The maximum atomic E-state index is 5.65. The van der Waals surface area contributed by atoms with Gasteiger partial charge < -0.3 is 20.1 Å². The van der Waals surface area contributed by atoms with E-state index in [9.17, 15) is 0 Å². The van der Waals surface area contributed by atoms with Gasteiger partial charge in [0.2, 0.25) is 0 Å². The van der Waals surface area contributed by atoms with Crippen molar-refractivity contribution in [2.75, 3.05) is 33.4 Å². The molecule has 0 bridgehead atoms. The minimum atomic E-state index is 0. The second kappa shape index (κ2) is 13.3. The number of benzene rings is 1. The summed E-state index contributed by atoms with van der Waals surface area (Å²) in [5.74, 6) is 0.878. The Kier molecular flexibility index (Phi) is 11.9. The van der Waals surface area contributed by atoms with Gasteiger partial charge in [-0.05, 0) is 42.7 Å². The van der Waals surface area contributed by atoms with E-state index >= 15 is 0 Å². The van der Waals surface area contributed by atoms with E-state index in [4.69, 9.17) is 9.47 Å². The van der Waals surface area contributed by atoms with E-state index in [-0.39, 0.29) is 24.0 Å². The van der Waals surface area contributed by atoms with Gasteiger partial charge in [-0.1, -0.05) is 37.6 Å². The van der Waals surface area contributed by atoms with Crippen molar-refractivity contribution in [1.82, 2.24) is 10.6 Å². The molecule has 0 atom stereocenters. The van der Waals surface area contributed by atoms with Gasteiger partial charge in [0.1, 0.15) is 0 Å². The smallest absolute Gasteiger partial charge is 0.191 e. The fourth-order valence-electron chi connectivity index (χ4n) is 3.29. The number of halogens is 1. The van der Waals surface area contributed by atoms with Crippen LogP contribution in [0.25, 0.3) is 0 Å². The third kappa shape index (κ3) is 8.35. The number of hydrogen-bond acceptors (Lipinski definition) is 3. The van der Waals surface area contributed by atoms with Crippen LogP contribution in [0.2, 0.25) is 0 Å². The monoisotopic (exact) mass is 489 g/mol. The van der Waals surface area contributed by atoms with E-state index in [1.807, 2.05) is 14.0 Å². The summed E-state index contributed by atoms with van der Waals surface area (Å²) in [6.45, 7) is 8.69. The van der Waals surface area contributed by atoms with E-state index in [1.165, 1.54) is 36.8 Å². The summed E-state index contributed by atoms with van der Waals surface area (Å²) in [4.78, 5) is 4.36. The molecule has 1 fully saturated rings. The van der Waals surface area contributed by atoms with Crippen molar-refractivity contribution < 1.29 is 9.47 Å². The fourth-order valence-corrected chi connectivity index (χ4v) is 3.29. The molecular formula is C21H36IN3O2. The van der Waals surface area contributed by atoms with Crippen molar-refractivity contribution in [2.24, 2.45) is 10.4 Å². The molecule has 1 aromatic rings. The Morgan fingerprint density at radius 3 is 2.48 bits per heavy atom. The molecule has 6 heteroatoms. The van der Waals surface area contributed by atoms with Crippen molar-refractivity contribution in [3.63, 3.8) is 0 Å². The van der Waals surface area contributed by atoms with Gasteiger partial charge in [0.25, 0.3) is 0 Å². The van der Waals surface area contributed by atoms with Crippen LogP contribution in [0.5, 0.6) is 0 Å². The Balaban J connectivity index is 0.00000364. The summed E-state index contributed by atoms with van der Waals surface area (Å²) < 4.78 is 10.9. The molecule has 0 unspecified atom stereocenters. The first kappa shape index (κ1) is 24.2. The zero-order valence-electron chi connectivity index (χ0n) is 17.1. The van der Waals surface area contributed by atoms with Gasteiger partial charge in [0.05, 0.1) is 19.8 Å². The van der Waals surface area contributed by atoms with E-state index in [0.29, 0.717) is 25.2 Å². The molecule has 154 valence electrons. The summed E-state index contributed by atoms with van der Waals surface area (Å²) in [6, 6.07) is 8.48. The molecule has 0 spiro atoms. The van der Waals surface area contributed by atoms with Gasteiger partial charge in [0.15, 0.2) is 5.96 Å². The molecule has 0 amide bonds. The quantitative estimate of drug-likeness (QED) is 0.213. The first-order chi connectivity index (χ1) is 12.7. The molecule has 2 rings (SSSR count). The highest BCUT2D eigenvalue weighted by Gasteiger charge is 2.34. The van der Waals surface area contributed by atoms with Gasteiger partial charge >= 0.3 is 0 Å². The third-order valence-corrected chi connectivity index (χ3v) is 5.31. The van der Waals surface area contributed by atoms with E-state index < -0.39 is 0 Å². The highest BCUT2D eigenvalue weighted by molar-refractivity contribution is 14.0. The van der Waals surface area contributed by atoms with Crippen molar-refractivity contribution in [1.29, 1.82) is 0 Å². The zero-order chi connectivity index (χ0) is 18.7. The Morgan fingerprint density at radius 2 is 1.85 bits per heavy atom. The number of guanidine groups is 1. The number of aliphatic imine (C=N–C) groups is 1. The van der Waals surface area contributed by atoms with Crippen molar-refractivity contribution in [3.8, 4) is 0 Å². The standard InChI is InChI=1S/C21H35N3O2.HI/c1-4-21(10-7-11-21)17-24-20(22-3)23-15-18-8-6-9-19(14-18)16-26-13-12-25-5-2;/h6,8-9,14H,4-5,7,10-13,15-17H2,1-3H3,(H2,22,23,24);1H. The van der Waals surface area contributed by atoms with Crippen LogP contribution in [-0.4, -0.2) is 39.4 Å². The molecule has 0 saturated heterocycles. The maximum Gasteiger partial charge on any atom is 0.191 e. The second-order valence-electron chi connectivity index (χ2n) is 7.06. The highest BCUT2D eigenvalue weighted by Crippen LogP contribution is 2.42. The molecule has 2 N–H and O–H groups in total. The number of ether oxygens (including phenoxy) is 2. The van der Waals surface area contributed by atoms with E-state index in [0.717, 1.165) is 25.7 Å². The molecule has 0 radical (unpaired) electrons. The molecule has 5 nitrogen and oxygen atoms in total. The minimum absolute atomic E-state index is 0. The van der Waals surface area contributed by atoms with Crippen LogP contribution in [0.4, 0.5) is 0 Å². The fraction of sp³-hybridized carbons (Fsp3) is 0.667. The number of nitrogens with one attached hydrogen (secondary N) is 2. The number of hydrogen-bond donors (Lipinski definition) is 2. The van der Waals surface area contributed by atoms with Gasteiger partial charge in [-0.25, -0.2) is 0 Å². The van der Waals surface area contributed by atoms with Crippen molar-refractivity contribution in [3.05, 3.63) is 35.4 Å². The molecule has 1 saturated carbocycles. The molecule has 1 aliphatic rings. The summed E-state index contributed by atoms with van der Waals surface area (Å²) in [7, 11) is 1.83. The van der Waals surface area contributed by atoms with Crippen LogP contribution < -0.4 is 10.6 Å². The molecule has 0 heterocycles. The van der Waals surface area contributed by atoms with E-state index in [2.05, 4.69) is 46.8 Å². The predicted molar refractivity (Wildman–Crippen MR) is 123 cm³/mol. The average Bonchev–Trinajstić information content (AvgIpc) is 2.64. The normalized spacial score (nSPS) is 15.6. The van der Waals surface area contributed by atoms with Gasteiger partial charge in [-0.3, -0.25) is 4.99 Å². The van der Waals surface area contributed by atoms with Crippen LogP contribution in [0.3, 0.4) is 0 Å². The minimum Gasteiger partial charge on any atom is -0.379 e. The Morgan fingerprint density at radius 1 is 1.11 bits per heavy atom. The van der Waals surface area contributed by atoms with Crippen molar-refractivity contribution in [2.45, 2.75) is 52.7 Å². The molecule has 1 aliphatic carbocycles. The number of nitrogens with zero attached hydrogens (tertiary/aromatic N) is 1. The molecular weight excluding hydrogens is 453 g/mol.